The maximum Gasteiger partial charge on any atom is 0.310 e. The quantitative estimate of drug-likeness (QED) is 0.741. The van der Waals surface area contributed by atoms with Crippen LogP contribution in [0, 0.1) is 12.8 Å². The van der Waals surface area contributed by atoms with Crippen LogP contribution in [0.5, 0.6) is 0 Å². The normalized spacial score (nSPS) is 18.0. The number of benzene rings is 1. The highest BCUT2D eigenvalue weighted by atomic mass is 79.9. The Labute approximate surface area is 149 Å². The van der Waals surface area contributed by atoms with Crippen molar-refractivity contribution in [2.75, 3.05) is 19.7 Å². The number of esters is 1. The highest BCUT2D eigenvalue weighted by molar-refractivity contribution is 9.10. The van der Waals surface area contributed by atoms with E-state index in [-0.39, 0.29) is 17.8 Å². The molecule has 5 nitrogen and oxygen atoms in total. The lowest BCUT2D eigenvalue weighted by Crippen LogP contribution is -2.42. The number of rotatable bonds is 3. The fourth-order valence-electron chi connectivity index (χ4n) is 3.15. The summed E-state index contributed by atoms with van der Waals surface area (Å²) in [6.07, 6.45) is 1.55. The predicted molar refractivity (Wildman–Crippen MR) is 93.9 cm³/mol. The molecule has 1 fully saturated rings. The zero-order valence-corrected chi connectivity index (χ0v) is 15.4. The first kappa shape index (κ1) is 17.0. The van der Waals surface area contributed by atoms with Crippen molar-refractivity contribution < 1.29 is 18.7 Å². The SMILES string of the molecule is CCOC(=O)C1CCCN(C(=O)c2oc3ccc(Br)cc3c2C)C1. The minimum absolute atomic E-state index is 0.158. The van der Waals surface area contributed by atoms with Gasteiger partial charge >= 0.3 is 5.97 Å². The summed E-state index contributed by atoms with van der Waals surface area (Å²) in [4.78, 5) is 26.5. The maximum absolute atomic E-state index is 12.9. The minimum Gasteiger partial charge on any atom is -0.466 e. The number of carbonyl (C=O) groups excluding carboxylic acids is 2. The summed E-state index contributed by atoms with van der Waals surface area (Å²) in [5, 5.41) is 0.923. The molecule has 2 aromatic rings. The third-order valence-corrected chi connectivity index (χ3v) is 4.91. The molecule has 6 heteroatoms. The second-order valence-electron chi connectivity index (χ2n) is 6.04. The van der Waals surface area contributed by atoms with E-state index in [4.69, 9.17) is 9.15 Å². The number of nitrogens with zero attached hydrogens (tertiary/aromatic N) is 1. The van der Waals surface area contributed by atoms with Crippen LogP contribution in [-0.4, -0.2) is 36.5 Å². The molecule has 1 unspecified atom stereocenters. The molecule has 1 aliphatic heterocycles. The number of halogens is 1. The number of piperidine rings is 1. The topological polar surface area (TPSA) is 59.8 Å². The van der Waals surface area contributed by atoms with Crippen LogP contribution in [0.4, 0.5) is 0 Å². The summed E-state index contributed by atoms with van der Waals surface area (Å²) in [6, 6.07) is 5.68. The van der Waals surface area contributed by atoms with Gasteiger partial charge < -0.3 is 14.1 Å². The van der Waals surface area contributed by atoms with Crippen molar-refractivity contribution in [1.82, 2.24) is 4.90 Å². The van der Waals surface area contributed by atoms with E-state index in [2.05, 4.69) is 15.9 Å². The van der Waals surface area contributed by atoms with E-state index < -0.39 is 0 Å². The standard InChI is InChI=1S/C18H20BrNO4/c1-3-23-18(22)12-5-4-8-20(10-12)17(21)16-11(2)14-9-13(19)6-7-15(14)24-16/h6-7,9,12H,3-5,8,10H2,1-2H3. The average molecular weight is 394 g/mol. The Bertz CT molecular complexity index is 783. The van der Waals surface area contributed by atoms with Gasteiger partial charge in [0, 0.05) is 28.5 Å². The summed E-state index contributed by atoms with van der Waals surface area (Å²) in [7, 11) is 0. The van der Waals surface area contributed by atoms with Crippen LogP contribution in [0.3, 0.4) is 0 Å². The number of likely N-dealkylation sites (tertiary alicyclic amines) is 1. The van der Waals surface area contributed by atoms with Gasteiger partial charge in [0.2, 0.25) is 0 Å². The van der Waals surface area contributed by atoms with Crippen LogP contribution in [0.15, 0.2) is 27.1 Å². The predicted octanol–water partition coefficient (Wildman–Crippen LogP) is 3.92. The summed E-state index contributed by atoms with van der Waals surface area (Å²) in [6.45, 7) is 5.06. The molecule has 24 heavy (non-hydrogen) atoms. The molecule has 1 amide bonds. The van der Waals surface area contributed by atoms with Crippen LogP contribution >= 0.6 is 15.9 Å². The number of hydrogen-bond acceptors (Lipinski definition) is 4. The molecule has 1 atom stereocenters. The smallest absolute Gasteiger partial charge is 0.310 e. The zero-order chi connectivity index (χ0) is 17.3. The van der Waals surface area contributed by atoms with Crippen LogP contribution < -0.4 is 0 Å². The molecule has 3 rings (SSSR count). The van der Waals surface area contributed by atoms with Gasteiger partial charge in [-0.3, -0.25) is 9.59 Å². The molecule has 1 aromatic heterocycles. The Morgan fingerprint density at radius 1 is 1.42 bits per heavy atom. The third-order valence-electron chi connectivity index (χ3n) is 4.42. The molecule has 1 saturated heterocycles. The highest BCUT2D eigenvalue weighted by Crippen LogP contribution is 2.30. The first-order chi connectivity index (χ1) is 11.5. The second kappa shape index (κ2) is 6.97. The Kier molecular flexibility index (Phi) is 4.94. The van der Waals surface area contributed by atoms with Crippen LogP contribution in [0.2, 0.25) is 0 Å². The molecule has 128 valence electrons. The van der Waals surface area contributed by atoms with E-state index in [0.29, 0.717) is 31.0 Å². The molecule has 2 heterocycles. The summed E-state index contributed by atoms with van der Waals surface area (Å²) in [5.74, 6) is -0.275. The molecule has 0 saturated carbocycles. The lowest BCUT2D eigenvalue weighted by atomic mass is 9.98. The van der Waals surface area contributed by atoms with Gasteiger partial charge in [0.15, 0.2) is 5.76 Å². The van der Waals surface area contributed by atoms with Gasteiger partial charge in [-0.2, -0.15) is 0 Å². The van der Waals surface area contributed by atoms with E-state index in [1.165, 1.54) is 0 Å². The fourth-order valence-corrected chi connectivity index (χ4v) is 3.52. The molecular weight excluding hydrogens is 374 g/mol. The number of furan rings is 1. The van der Waals surface area contributed by atoms with Crippen molar-refractivity contribution in [2.45, 2.75) is 26.7 Å². The van der Waals surface area contributed by atoms with Crippen molar-refractivity contribution in [3.05, 3.63) is 34.0 Å². The van der Waals surface area contributed by atoms with Gasteiger partial charge in [0.25, 0.3) is 5.91 Å². The number of ether oxygens (including phenoxy) is 1. The van der Waals surface area contributed by atoms with Crippen molar-refractivity contribution in [2.24, 2.45) is 5.92 Å². The molecule has 0 bridgehead atoms. The van der Waals surface area contributed by atoms with Gasteiger partial charge in [-0.25, -0.2) is 0 Å². The van der Waals surface area contributed by atoms with Crippen molar-refractivity contribution in [1.29, 1.82) is 0 Å². The van der Waals surface area contributed by atoms with Gasteiger partial charge in [-0.15, -0.1) is 0 Å². The Hall–Kier alpha value is -1.82. The second-order valence-corrected chi connectivity index (χ2v) is 6.95. The molecular formula is C18H20BrNO4. The maximum atomic E-state index is 12.9. The van der Waals surface area contributed by atoms with Gasteiger partial charge in [0.1, 0.15) is 5.58 Å². The van der Waals surface area contributed by atoms with E-state index in [1.54, 1.807) is 11.8 Å². The van der Waals surface area contributed by atoms with E-state index >= 15 is 0 Å². The van der Waals surface area contributed by atoms with Crippen LogP contribution in [-0.2, 0) is 9.53 Å². The first-order valence-corrected chi connectivity index (χ1v) is 8.95. The molecule has 0 aliphatic carbocycles. The molecule has 0 radical (unpaired) electrons. The number of carbonyl (C=O) groups is 2. The van der Waals surface area contributed by atoms with Crippen LogP contribution in [0.25, 0.3) is 11.0 Å². The Balaban J connectivity index is 1.83. The lowest BCUT2D eigenvalue weighted by molar-refractivity contribution is -0.149. The van der Waals surface area contributed by atoms with Gasteiger partial charge in [-0.05, 0) is 44.9 Å². The molecule has 1 aromatic carbocycles. The van der Waals surface area contributed by atoms with E-state index in [9.17, 15) is 9.59 Å². The molecule has 1 aliphatic rings. The minimum atomic E-state index is -0.249. The van der Waals surface area contributed by atoms with E-state index in [0.717, 1.165) is 28.3 Å². The number of amides is 1. The third kappa shape index (κ3) is 3.20. The number of hydrogen-bond donors (Lipinski definition) is 0. The molecule has 0 spiro atoms. The largest absolute Gasteiger partial charge is 0.466 e. The first-order valence-electron chi connectivity index (χ1n) is 8.15. The van der Waals surface area contributed by atoms with Gasteiger partial charge in [0.05, 0.1) is 12.5 Å². The van der Waals surface area contributed by atoms with Gasteiger partial charge in [-0.1, -0.05) is 15.9 Å². The fraction of sp³-hybridized carbons (Fsp3) is 0.444. The summed E-state index contributed by atoms with van der Waals surface area (Å²) in [5.41, 5.74) is 1.52. The average Bonchev–Trinajstić information content (AvgIpc) is 2.91. The summed E-state index contributed by atoms with van der Waals surface area (Å²) >= 11 is 3.44. The Morgan fingerprint density at radius 2 is 2.21 bits per heavy atom. The Morgan fingerprint density at radius 3 is 2.96 bits per heavy atom. The molecule has 0 N–H and O–H groups in total. The number of aryl methyl sites for hydroxylation is 1. The summed E-state index contributed by atoms with van der Waals surface area (Å²) < 4.78 is 11.8. The van der Waals surface area contributed by atoms with Crippen LogP contribution in [0.1, 0.15) is 35.9 Å². The van der Waals surface area contributed by atoms with Crippen molar-refractivity contribution >= 4 is 38.8 Å². The van der Waals surface area contributed by atoms with Crippen molar-refractivity contribution in [3.8, 4) is 0 Å². The zero-order valence-electron chi connectivity index (χ0n) is 13.8. The van der Waals surface area contributed by atoms with E-state index in [1.807, 2.05) is 25.1 Å². The number of fused-ring (bicyclic) bond motifs is 1. The van der Waals surface area contributed by atoms with Crippen molar-refractivity contribution in [3.63, 3.8) is 0 Å². The lowest BCUT2D eigenvalue weighted by Gasteiger charge is -2.31. The monoisotopic (exact) mass is 393 g/mol. The highest BCUT2D eigenvalue weighted by Gasteiger charge is 2.32.